The van der Waals surface area contributed by atoms with Gasteiger partial charge in [-0.25, -0.2) is 0 Å². The molecule has 0 spiro atoms. The summed E-state index contributed by atoms with van der Waals surface area (Å²) >= 11 is 0. The number of fused-ring (bicyclic) bond motifs is 2. The van der Waals surface area contributed by atoms with Gasteiger partial charge in [-0.1, -0.05) is 6.42 Å². The van der Waals surface area contributed by atoms with Crippen LogP contribution in [0.3, 0.4) is 0 Å². The Bertz CT molecular complexity index is 397. The molecule has 4 atom stereocenters. The molecule has 1 aliphatic heterocycles. The number of amides is 1. The SMILES string of the molecule is CC(C)NC1(C(N)=O)CCCC1CCN1CC2CCC1C2. The molecule has 4 nitrogen and oxygen atoms in total. The molecule has 1 heterocycles. The van der Waals surface area contributed by atoms with E-state index in [1.54, 1.807) is 0 Å². The lowest BCUT2D eigenvalue weighted by atomic mass is 9.83. The predicted octanol–water partition coefficient (Wildman–Crippen LogP) is 1.88. The molecule has 3 N–H and O–H groups in total. The van der Waals surface area contributed by atoms with E-state index < -0.39 is 5.54 Å². The summed E-state index contributed by atoms with van der Waals surface area (Å²) in [5, 5.41) is 3.52. The molecule has 21 heavy (non-hydrogen) atoms. The van der Waals surface area contributed by atoms with E-state index in [0.717, 1.165) is 44.2 Å². The van der Waals surface area contributed by atoms with Gasteiger partial charge in [-0.05, 0) is 70.8 Å². The van der Waals surface area contributed by atoms with E-state index in [-0.39, 0.29) is 5.91 Å². The van der Waals surface area contributed by atoms with Crippen LogP contribution in [0.2, 0.25) is 0 Å². The summed E-state index contributed by atoms with van der Waals surface area (Å²) in [5.74, 6) is 1.23. The van der Waals surface area contributed by atoms with Crippen LogP contribution in [-0.4, -0.2) is 41.5 Å². The summed E-state index contributed by atoms with van der Waals surface area (Å²) in [6.45, 7) is 6.66. The molecule has 2 saturated carbocycles. The van der Waals surface area contributed by atoms with Crippen LogP contribution in [0.25, 0.3) is 0 Å². The molecule has 3 rings (SSSR count). The molecule has 4 heteroatoms. The highest BCUT2D eigenvalue weighted by Crippen LogP contribution is 2.41. The third kappa shape index (κ3) is 2.85. The van der Waals surface area contributed by atoms with Crippen LogP contribution in [0.1, 0.15) is 58.8 Å². The van der Waals surface area contributed by atoms with E-state index in [1.807, 2.05) is 0 Å². The third-order valence-corrected chi connectivity index (χ3v) is 6.09. The van der Waals surface area contributed by atoms with E-state index in [1.165, 1.54) is 25.8 Å². The second-order valence-corrected chi connectivity index (χ2v) is 7.84. The Morgan fingerprint density at radius 1 is 1.38 bits per heavy atom. The Balaban J connectivity index is 1.61. The van der Waals surface area contributed by atoms with Gasteiger partial charge in [-0.3, -0.25) is 4.79 Å². The molecule has 0 aromatic heterocycles. The van der Waals surface area contributed by atoms with E-state index in [0.29, 0.717) is 12.0 Å². The van der Waals surface area contributed by atoms with Gasteiger partial charge in [-0.2, -0.15) is 0 Å². The van der Waals surface area contributed by atoms with Gasteiger partial charge in [0.15, 0.2) is 0 Å². The molecule has 0 aromatic rings. The molecule has 1 saturated heterocycles. The Morgan fingerprint density at radius 3 is 2.76 bits per heavy atom. The number of carbonyl (C=O) groups excluding carboxylic acids is 1. The lowest BCUT2D eigenvalue weighted by Gasteiger charge is -2.37. The number of primary amides is 1. The van der Waals surface area contributed by atoms with Crippen LogP contribution in [0.5, 0.6) is 0 Å². The van der Waals surface area contributed by atoms with Gasteiger partial charge in [0.1, 0.15) is 5.54 Å². The Labute approximate surface area is 128 Å². The van der Waals surface area contributed by atoms with Crippen molar-refractivity contribution in [2.75, 3.05) is 13.1 Å². The smallest absolute Gasteiger partial charge is 0.238 e. The molecule has 3 aliphatic rings. The zero-order valence-corrected chi connectivity index (χ0v) is 13.6. The summed E-state index contributed by atoms with van der Waals surface area (Å²) < 4.78 is 0. The molecule has 1 amide bonds. The summed E-state index contributed by atoms with van der Waals surface area (Å²) in [6, 6.07) is 1.14. The number of likely N-dealkylation sites (tertiary alicyclic amines) is 1. The van der Waals surface area contributed by atoms with Gasteiger partial charge in [0, 0.05) is 18.6 Å². The van der Waals surface area contributed by atoms with Gasteiger partial charge in [0.25, 0.3) is 0 Å². The maximum Gasteiger partial charge on any atom is 0.238 e. The highest BCUT2D eigenvalue weighted by Gasteiger charge is 2.48. The second kappa shape index (κ2) is 5.88. The number of nitrogens with two attached hydrogens (primary N) is 1. The Kier molecular flexibility index (Phi) is 4.28. The summed E-state index contributed by atoms with van der Waals surface area (Å²) in [4.78, 5) is 14.8. The summed E-state index contributed by atoms with van der Waals surface area (Å²) in [5.41, 5.74) is 5.35. The summed E-state index contributed by atoms with van der Waals surface area (Å²) in [7, 11) is 0. The van der Waals surface area contributed by atoms with Crippen LogP contribution in [-0.2, 0) is 4.79 Å². The van der Waals surface area contributed by atoms with Crippen molar-refractivity contribution in [3.05, 3.63) is 0 Å². The number of piperidine rings is 1. The third-order valence-electron chi connectivity index (χ3n) is 6.09. The van der Waals surface area contributed by atoms with Crippen molar-refractivity contribution in [3.8, 4) is 0 Å². The first kappa shape index (κ1) is 15.3. The standard InChI is InChI=1S/C17H31N3O/c1-12(2)19-17(16(18)21)8-3-4-14(17)7-9-20-11-13-5-6-15(20)10-13/h12-15,19H,3-11H2,1-2H3,(H2,18,21). The lowest BCUT2D eigenvalue weighted by Crippen LogP contribution is -2.60. The number of rotatable bonds is 6. The largest absolute Gasteiger partial charge is 0.368 e. The topological polar surface area (TPSA) is 58.4 Å². The van der Waals surface area contributed by atoms with Crippen molar-refractivity contribution in [3.63, 3.8) is 0 Å². The van der Waals surface area contributed by atoms with Crippen molar-refractivity contribution < 1.29 is 4.79 Å². The fraction of sp³-hybridized carbons (Fsp3) is 0.941. The zero-order chi connectivity index (χ0) is 15.0. The summed E-state index contributed by atoms with van der Waals surface area (Å²) in [6.07, 6.45) is 8.54. The van der Waals surface area contributed by atoms with Crippen molar-refractivity contribution in [1.29, 1.82) is 0 Å². The number of hydrogen-bond acceptors (Lipinski definition) is 3. The molecular formula is C17H31N3O. The number of carbonyl (C=O) groups is 1. The normalized spacial score (nSPS) is 39.5. The number of hydrogen-bond donors (Lipinski definition) is 2. The van der Waals surface area contributed by atoms with Gasteiger partial charge in [0.2, 0.25) is 5.91 Å². The molecule has 2 bridgehead atoms. The van der Waals surface area contributed by atoms with Crippen molar-refractivity contribution in [1.82, 2.24) is 10.2 Å². The Hall–Kier alpha value is -0.610. The maximum absolute atomic E-state index is 12.1. The van der Waals surface area contributed by atoms with Crippen LogP contribution >= 0.6 is 0 Å². The first-order valence-corrected chi connectivity index (χ1v) is 8.83. The molecule has 3 fully saturated rings. The number of nitrogens with one attached hydrogen (secondary N) is 1. The molecule has 4 unspecified atom stereocenters. The molecule has 120 valence electrons. The van der Waals surface area contributed by atoms with Crippen LogP contribution in [0.15, 0.2) is 0 Å². The van der Waals surface area contributed by atoms with Crippen LogP contribution in [0, 0.1) is 11.8 Å². The highest BCUT2D eigenvalue weighted by atomic mass is 16.1. The van der Waals surface area contributed by atoms with Crippen molar-refractivity contribution in [2.24, 2.45) is 17.6 Å². The van der Waals surface area contributed by atoms with Gasteiger partial charge in [-0.15, -0.1) is 0 Å². The van der Waals surface area contributed by atoms with E-state index in [9.17, 15) is 4.79 Å². The molecule has 2 aliphatic carbocycles. The zero-order valence-electron chi connectivity index (χ0n) is 13.6. The molecular weight excluding hydrogens is 262 g/mol. The first-order valence-electron chi connectivity index (χ1n) is 8.83. The minimum absolute atomic E-state index is 0.137. The average molecular weight is 293 g/mol. The fourth-order valence-corrected chi connectivity index (χ4v) is 5.19. The van der Waals surface area contributed by atoms with Crippen LogP contribution < -0.4 is 11.1 Å². The monoisotopic (exact) mass is 293 g/mol. The minimum atomic E-state index is -0.451. The second-order valence-electron chi connectivity index (χ2n) is 7.84. The van der Waals surface area contributed by atoms with Crippen molar-refractivity contribution >= 4 is 5.91 Å². The highest BCUT2D eigenvalue weighted by molar-refractivity contribution is 5.85. The maximum atomic E-state index is 12.1. The first-order chi connectivity index (χ1) is 10.0. The minimum Gasteiger partial charge on any atom is -0.368 e. The fourth-order valence-electron chi connectivity index (χ4n) is 5.19. The van der Waals surface area contributed by atoms with Gasteiger partial charge < -0.3 is 16.0 Å². The molecule has 0 aromatic carbocycles. The van der Waals surface area contributed by atoms with E-state index in [4.69, 9.17) is 5.73 Å². The van der Waals surface area contributed by atoms with E-state index >= 15 is 0 Å². The van der Waals surface area contributed by atoms with Gasteiger partial charge in [0.05, 0.1) is 0 Å². The van der Waals surface area contributed by atoms with Crippen LogP contribution in [0.4, 0.5) is 0 Å². The Morgan fingerprint density at radius 2 is 2.19 bits per heavy atom. The number of nitrogens with zero attached hydrogens (tertiary/aromatic N) is 1. The quantitative estimate of drug-likeness (QED) is 0.786. The predicted molar refractivity (Wildman–Crippen MR) is 84.9 cm³/mol. The van der Waals surface area contributed by atoms with Crippen molar-refractivity contribution in [2.45, 2.75) is 76.4 Å². The lowest BCUT2D eigenvalue weighted by molar-refractivity contribution is -0.126. The van der Waals surface area contributed by atoms with Gasteiger partial charge >= 0.3 is 0 Å². The van der Waals surface area contributed by atoms with E-state index in [2.05, 4.69) is 24.1 Å². The molecule has 0 radical (unpaired) electrons. The average Bonchev–Trinajstić information content (AvgIpc) is 3.10.